The first-order valence-electron chi connectivity index (χ1n) is 6.78. The second-order valence-corrected chi connectivity index (χ2v) is 6.02. The Labute approximate surface area is 123 Å². The number of carbonyl (C=O) groups excluding carboxylic acids is 1. The van der Waals surface area contributed by atoms with Gasteiger partial charge in [-0.25, -0.2) is 0 Å². The molecule has 0 aliphatic rings. The fourth-order valence-electron chi connectivity index (χ4n) is 1.79. The van der Waals surface area contributed by atoms with E-state index in [1.165, 1.54) is 0 Å². The Hall–Kier alpha value is -2.37. The first-order valence-corrected chi connectivity index (χ1v) is 6.78. The molecule has 1 amide bonds. The third-order valence-corrected chi connectivity index (χ3v) is 3.01. The Kier molecular flexibility index (Phi) is 3.97. The van der Waals surface area contributed by atoms with Gasteiger partial charge < -0.3 is 15.6 Å². The second kappa shape index (κ2) is 5.55. The average molecular weight is 288 g/mol. The van der Waals surface area contributed by atoms with Gasteiger partial charge in [-0.15, -0.1) is 0 Å². The molecule has 1 aromatic carbocycles. The van der Waals surface area contributed by atoms with E-state index in [-0.39, 0.29) is 11.5 Å². The van der Waals surface area contributed by atoms with Gasteiger partial charge in [0, 0.05) is 16.7 Å². The van der Waals surface area contributed by atoms with Gasteiger partial charge in [-0.05, 0) is 25.1 Å². The molecule has 6 nitrogen and oxygen atoms in total. The molecule has 1 heterocycles. The van der Waals surface area contributed by atoms with Crippen LogP contribution in [0.5, 0.6) is 0 Å². The van der Waals surface area contributed by atoms with E-state index in [4.69, 9.17) is 10.3 Å². The molecule has 0 spiro atoms. The lowest BCUT2D eigenvalue weighted by Gasteiger charge is -2.13. The number of amides is 1. The summed E-state index contributed by atoms with van der Waals surface area (Å²) in [7, 11) is 0. The fraction of sp³-hybridized carbons (Fsp3) is 0.400. The number of hydrogen-bond acceptors (Lipinski definition) is 5. The van der Waals surface area contributed by atoms with Gasteiger partial charge in [0.2, 0.25) is 11.8 Å². The summed E-state index contributed by atoms with van der Waals surface area (Å²) in [6.45, 7) is 7.99. The number of nitrogens with two attached hydrogens (primary N) is 1. The molecule has 0 saturated heterocycles. The highest BCUT2D eigenvalue weighted by atomic mass is 16.5. The Morgan fingerprint density at radius 3 is 2.67 bits per heavy atom. The van der Waals surface area contributed by atoms with Crippen LogP contribution in [0.1, 0.15) is 55.8 Å². The molecule has 0 fully saturated rings. The first-order chi connectivity index (χ1) is 9.77. The van der Waals surface area contributed by atoms with Gasteiger partial charge in [0.15, 0.2) is 5.82 Å². The molecule has 0 saturated carbocycles. The Balaban J connectivity index is 2.14. The van der Waals surface area contributed by atoms with E-state index in [1.807, 2.05) is 33.8 Å². The minimum atomic E-state index is -0.459. The van der Waals surface area contributed by atoms with Crippen molar-refractivity contribution in [1.82, 2.24) is 10.1 Å². The van der Waals surface area contributed by atoms with Crippen molar-refractivity contribution >= 4 is 11.6 Å². The van der Waals surface area contributed by atoms with Crippen molar-refractivity contribution in [3.63, 3.8) is 0 Å². The molecular weight excluding hydrogens is 268 g/mol. The number of aromatic nitrogens is 2. The predicted molar refractivity (Wildman–Crippen MR) is 80.0 cm³/mol. The van der Waals surface area contributed by atoms with E-state index in [9.17, 15) is 4.79 Å². The third kappa shape index (κ3) is 3.59. The number of hydrogen-bond donors (Lipinski definition) is 2. The van der Waals surface area contributed by atoms with Crippen LogP contribution in [0.2, 0.25) is 0 Å². The third-order valence-electron chi connectivity index (χ3n) is 3.01. The summed E-state index contributed by atoms with van der Waals surface area (Å²) in [5.74, 6) is 0.709. The van der Waals surface area contributed by atoms with Gasteiger partial charge in [0.1, 0.15) is 6.04 Å². The summed E-state index contributed by atoms with van der Waals surface area (Å²) >= 11 is 0. The molecule has 0 aliphatic heterocycles. The predicted octanol–water partition coefficient (Wildman–Crippen LogP) is 2.64. The number of nitrogens with one attached hydrogen (secondary N) is 1. The first kappa shape index (κ1) is 15.0. The summed E-state index contributed by atoms with van der Waals surface area (Å²) in [6, 6.07) is 6.81. The van der Waals surface area contributed by atoms with Gasteiger partial charge in [0.25, 0.3) is 0 Å². The van der Waals surface area contributed by atoms with Crippen LogP contribution in [0.15, 0.2) is 28.8 Å². The molecule has 1 aromatic heterocycles. The molecule has 0 unspecified atom stereocenters. The SMILES string of the molecule is C[C@@H](Nc1cccc(C(N)=O)c1)c1nc(C(C)(C)C)no1. The van der Waals surface area contributed by atoms with Gasteiger partial charge in [-0.1, -0.05) is 32.0 Å². The van der Waals surface area contributed by atoms with Crippen molar-refractivity contribution in [2.24, 2.45) is 5.73 Å². The highest BCUT2D eigenvalue weighted by Crippen LogP contribution is 2.23. The number of benzene rings is 1. The normalized spacial score (nSPS) is 13.0. The number of nitrogens with zero attached hydrogens (tertiary/aromatic N) is 2. The number of rotatable bonds is 4. The topological polar surface area (TPSA) is 94.0 Å². The second-order valence-electron chi connectivity index (χ2n) is 6.02. The van der Waals surface area contributed by atoms with Crippen molar-refractivity contribution < 1.29 is 9.32 Å². The monoisotopic (exact) mass is 288 g/mol. The van der Waals surface area contributed by atoms with E-state index >= 15 is 0 Å². The lowest BCUT2D eigenvalue weighted by Crippen LogP contribution is -2.14. The molecule has 21 heavy (non-hydrogen) atoms. The zero-order chi connectivity index (χ0) is 15.6. The number of primary amides is 1. The Morgan fingerprint density at radius 2 is 2.10 bits per heavy atom. The van der Waals surface area contributed by atoms with Gasteiger partial charge in [-0.2, -0.15) is 4.98 Å². The van der Waals surface area contributed by atoms with Crippen LogP contribution in [0.4, 0.5) is 5.69 Å². The van der Waals surface area contributed by atoms with Crippen LogP contribution in [0.3, 0.4) is 0 Å². The van der Waals surface area contributed by atoms with Crippen molar-refractivity contribution in [1.29, 1.82) is 0 Å². The van der Waals surface area contributed by atoms with Gasteiger partial charge in [0.05, 0.1) is 0 Å². The molecule has 0 bridgehead atoms. The molecule has 0 aliphatic carbocycles. The fourth-order valence-corrected chi connectivity index (χ4v) is 1.79. The summed E-state index contributed by atoms with van der Waals surface area (Å²) < 4.78 is 5.29. The van der Waals surface area contributed by atoms with Crippen LogP contribution in [-0.2, 0) is 5.41 Å². The van der Waals surface area contributed by atoms with E-state index in [1.54, 1.807) is 18.2 Å². The zero-order valence-electron chi connectivity index (χ0n) is 12.7. The largest absolute Gasteiger partial charge is 0.374 e. The van der Waals surface area contributed by atoms with Crippen LogP contribution in [0, 0.1) is 0 Å². The summed E-state index contributed by atoms with van der Waals surface area (Å²) in [5.41, 5.74) is 6.33. The molecule has 3 N–H and O–H groups in total. The van der Waals surface area contributed by atoms with Crippen molar-refractivity contribution in [3.8, 4) is 0 Å². The maximum atomic E-state index is 11.2. The summed E-state index contributed by atoms with van der Waals surface area (Å²) in [4.78, 5) is 15.6. The van der Waals surface area contributed by atoms with E-state index in [2.05, 4.69) is 15.5 Å². The van der Waals surface area contributed by atoms with E-state index in [0.29, 0.717) is 17.3 Å². The minimum absolute atomic E-state index is 0.159. The molecule has 1 atom stereocenters. The van der Waals surface area contributed by atoms with E-state index < -0.39 is 5.91 Å². The van der Waals surface area contributed by atoms with Crippen molar-refractivity contribution in [2.75, 3.05) is 5.32 Å². The van der Waals surface area contributed by atoms with Gasteiger partial charge >= 0.3 is 0 Å². The van der Waals surface area contributed by atoms with Crippen molar-refractivity contribution in [2.45, 2.75) is 39.2 Å². The standard InChI is InChI=1S/C15H20N4O2/c1-9(13-18-14(19-21-13)15(2,3)4)17-11-7-5-6-10(8-11)12(16)20/h5-9,17H,1-4H3,(H2,16,20)/t9-/m1/s1. The van der Waals surface area contributed by atoms with Crippen LogP contribution in [-0.4, -0.2) is 16.0 Å². The lowest BCUT2D eigenvalue weighted by atomic mass is 9.96. The van der Waals surface area contributed by atoms with Crippen LogP contribution in [0.25, 0.3) is 0 Å². The van der Waals surface area contributed by atoms with E-state index in [0.717, 1.165) is 5.69 Å². The molecule has 6 heteroatoms. The van der Waals surface area contributed by atoms with Gasteiger partial charge in [-0.3, -0.25) is 4.79 Å². The molecule has 2 rings (SSSR count). The smallest absolute Gasteiger partial charge is 0.248 e. The Bertz CT molecular complexity index is 643. The minimum Gasteiger partial charge on any atom is -0.374 e. The zero-order valence-corrected chi connectivity index (χ0v) is 12.7. The summed E-state index contributed by atoms with van der Waals surface area (Å²) in [6.07, 6.45) is 0. The highest BCUT2D eigenvalue weighted by molar-refractivity contribution is 5.93. The molecule has 2 aromatic rings. The van der Waals surface area contributed by atoms with Crippen LogP contribution >= 0.6 is 0 Å². The quantitative estimate of drug-likeness (QED) is 0.902. The Morgan fingerprint density at radius 1 is 1.38 bits per heavy atom. The number of anilines is 1. The molecular formula is C15H20N4O2. The summed E-state index contributed by atoms with van der Waals surface area (Å²) in [5, 5.41) is 7.21. The lowest BCUT2D eigenvalue weighted by molar-refractivity contribution is 0.100. The maximum Gasteiger partial charge on any atom is 0.248 e. The van der Waals surface area contributed by atoms with Crippen molar-refractivity contribution in [3.05, 3.63) is 41.5 Å². The highest BCUT2D eigenvalue weighted by Gasteiger charge is 2.23. The molecule has 112 valence electrons. The molecule has 0 radical (unpaired) electrons. The maximum absolute atomic E-state index is 11.2. The average Bonchev–Trinajstić information content (AvgIpc) is 2.88. The van der Waals surface area contributed by atoms with Crippen LogP contribution < -0.4 is 11.1 Å². The number of carbonyl (C=O) groups is 1.